The number of hydrogen-bond acceptors (Lipinski definition) is 5. The van der Waals surface area contributed by atoms with E-state index in [1.807, 2.05) is 0 Å². The van der Waals surface area contributed by atoms with E-state index >= 15 is 0 Å². The van der Waals surface area contributed by atoms with Crippen LogP contribution in [-0.2, 0) is 20.7 Å². The van der Waals surface area contributed by atoms with Crippen LogP contribution in [0.15, 0.2) is 24.3 Å². The number of phenolic OH excluding ortho intramolecular Hbond substituents is 1. The van der Waals surface area contributed by atoms with Crippen LogP contribution in [0.3, 0.4) is 0 Å². The number of carbonyl (C=O) groups is 2. The summed E-state index contributed by atoms with van der Waals surface area (Å²) in [7, 11) is 0. The highest BCUT2D eigenvalue weighted by molar-refractivity contribution is 5.76. The zero-order chi connectivity index (χ0) is 17.0. The molecule has 6 nitrogen and oxygen atoms in total. The number of amides is 1. The lowest BCUT2D eigenvalue weighted by Crippen LogP contribution is -2.45. The average molecular weight is 321 g/mol. The van der Waals surface area contributed by atoms with Crippen molar-refractivity contribution < 1.29 is 24.2 Å². The second-order valence-electron chi connectivity index (χ2n) is 6.69. The zero-order valence-electron chi connectivity index (χ0n) is 13.7. The molecular formula is C17H23NO5. The van der Waals surface area contributed by atoms with Crippen molar-refractivity contribution in [3.05, 3.63) is 29.8 Å². The number of alkyl carbamates (subject to hydrolysis) is 1. The van der Waals surface area contributed by atoms with Gasteiger partial charge in [-0.1, -0.05) is 12.1 Å². The maximum atomic E-state index is 12.1. The van der Waals surface area contributed by atoms with Gasteiger partial charge in [0, 0.05) is 6.04 Å². The standard InChI is InChI=1S/C17H23NO5/c1-17(2,3)23-16(21)18-14(13-8-9-22-15(13)20)10-11-4-6-12(19)7-5-11/h4-7,13-14,19H,8-10H2,1-3H3,(H,18,21)/t13?,14-/m0/s1. The molecule has 1 amide bonds. The third-order valence-electron chi connectivity index (χ3n) is 3.56. The normalized spacial score (nSPS) is 19.1. The van der Waals surface area contributed by atoms with E-state index in [4.69, 9.17) is 9.47 Å². The minimum absolute atomic E-state index is 0.172. The summed E-state index contributed by atoms with van der Waals surface area (Å²) >= 11 is 0. The Kier molecular flexibility index (Phi) is 5.13. The number of nitrogens with one attached hydrogen (secondary N) is 1. The molecule has 1 unspecified atom stereocenters. The first-order valence-corrected chi connectivity index (χ1v) is 7.69. The van der Waals surface area contributed by atoms with Crippen LogP contribution in [0.25, 0.3) is 0 Å². The van der Waals surface area contributed by atoms with Gasteiger partial charge in [-0.25, -0.2) is 4.79 Å². The number of ether oxygens (including phenoxy) is 2. The Balaban J connectivity index is 2.10. The number of cyclic esters (lactones) is 1. The second kappa shape index (κ2) is 6.89. The van der Waals surface area contributed by atoms with E-state index in [1.54, 1.807) is 45.0 Å². The molecule has 2 rings (SSSR count). The first-order chi connectivity index (χ1) is 10.7. The Bertz CT molecular complexity index is 561. The van der Waals surface area contributed by atoms with Gasteiger partial charge in [-0.2, -0.15) is 0 Å². The van der Waals surface area contributed by atoms with E-state index < -0.39 is 23.7 Å². The van der Waals surface area contributed by atoms with E-state index in [0.717, 1.165) is 5.56 Å². The van der Waals surface area contributed by atoms with Crippen LogP contribution in [0.1, 0.15) is 32.8 Å². The molecule has 0 saturated carbocycles. The summed E-state index contributed by atoms with van der Waals surface area (Å²) in [6, 6.07) is 6.27. The summed E-state index contributed by atoms with van der Waals surface area (Å²) in [4.78, 5) is 23.9. The molecule has 1 aliphatic heterocycles. The van der Waals surface area contributed by atoms with Crippen molar-refractivity contribution in [2.24, 2.45) is 5.92 Å². The topological polar surface area (TPSA) is 84.9 Å². The predicted octanol–water partition coefficient (Wildman–Crippen LogP) is 2.39. The molecule has 0 aromatic heterocycles. The van der Waals surface area contributed by atoms with E-state index in [1.165, 1.54) is 0 Å². The molecule has 1 saturated heterocycles. The molecule has 1 aliphatic rings. The second-order valence-corrected chi connectivity index (χ2v) is 6.69. The lowest BCUT2D eigenvalue weighted by atomic mass is 9.92. The van der Waals surface area contributed by atoms with Crippen molar-refractivity contribution >= 4 is 12.1 Å². The number of hydrogen-bond donors (Lipinski definition) is 2. The molecule has 0 bridgehead atoms. The Hall–Kier alpha value is -2.24. The van der Waals surface area contributed by atoms with Crippen molar-refractivity contribution in [1.82, 2.24) is 5.32 Å². The van der Waals surface area contributed by atoms with Crippen LogP contribution in [0.4, 0.5) is 4.79 Å². The fraction of sp³-hybridized carbons (Fsp3) is 0.529. The minimum atomic E-state index is -0.608. The predicted molar refractivity (Wildman–Crippen MR) is 84.0 cm³/mol. The fourth-order valence-electron chi connectivity index (χ4n) is 2.52. The fourth-order valence-corrected chi connectivity index (χ4v) is 2.52. The summed E-state index contributed by atoms with van der Waals surface area (Å²) < 4.78 is 10.3. The van der Waals surface area contributed by atoms with Gasteiger partial charge in [-0.15, -0.1) is 0 Å². The molecule has 2 N–H and O–H groups in total. The molecular weight excluding hydrogens is 298 g/mol. The van der Waals surface area contributed by atoms with Gasteiger partial charge in [0.2, 0.25) is 0 Å². The van der Waals surface area contributed by atoms with Gasteiger partial charge < -0.3 is 19.9 Å². The molecule has 0 aliphatic carbocycles. The van der Waals surface area contributed by atoms with Crippen LogP contribution in [0.2, 0.25) is 0 Å². The molecule has 1 heterocycles. The molecule has 1 aromatic carbocycles. The van der Waals surface area contributed by atoms with Gasteiger partial charge in [0.1, 0.15) is 11.4 Å². The van der Waals surface area contributed by atoms with Gasteiger partial charge in [0.05, 0.1) is 12.5 Å². The van der Waals surface area contributed by atoms with Crippen molar-refractivity contribution in [2.45, 2.75) is 45.3 Å². The van der Waals surface area contributed by atoms with E-state index in [2.05, 4.69) is 5.32 Å². The number of esters is 1. The third kappa shape index (κ3) is 5.16. The van der Waals surface area contributed by atoms with E-state index in [0.29, 0.717) is 19.4 Å². The number of aromatic hydroxyl groups is 1. The number of carbonyl (C=O) groups excluding carboxylic acids is 2. The molecule has 6 heteroatoms. The third-order valence-corrected chi connectivity index (χ3v) is 3.56. The van der Waals surface area contributed by atoms with Crippen LogP contribution >= 0.6 is 0 Å². The molecule has 0 radical (unpaired) electrons. The monoisotopic (exact) mass is 321 g/mol. The quantitative estimate of drug-likeness (QED) is 0.832. The summed E-state index contributed by atoms with van der Waals surface area (Å²) in [5.41, 5.74) is 0.298. The highest BCUT2D eigenvalue weighted by Crippen LogP contribution is 2.23. The Morgan fingerprint density at radius 1 is 1.39 bits per heavy atom. The van der Waals surface area contributed by atoms with Crippen molar-refractivity contribution in [2.75, 3.05) is 6.61 Å². The molecule has 23 heavy (non-hydrogen) atoms. The van der Waals surface area contributed by atoms with Gasteiger partial charge in [0.25, 0.3) is 0 Å². The largest absolute Gasteiger partial charge is 0.508 e. The number of benzene rings is 1. The van der Waals surface area contributed by atoms with Crippen molar-refractivity contribution in [1.29, 1.82) is 0 Å². The maximum Gasteiger partial charge on any atom is 0.407 e. The lowest BCUT2D eigenvalue weighted by Gasteiger charge is -2.25. The van der Waals surface area contributed by atoms with Gasteiger partial charge in [0.15, 0.2) is 0 Å². The Morgan fingerprint density at radius 2 is 2.04 bits per heavy atom. The van der Waals surface area contributed by atoms with Crippen molar-refractivity contribution in [3.63, 3.8) is 0 Å². The SMILES string of the molecule is CC(C)(C)OC(=O)N[C@@H](Cc1ccc(O)cc1)C1CCOC1=O. The molecule has 0 spiro atoms. The summed E-state index contributed by atoms with van der Waals surface area (Å²) in [5, 5.41) is 12.1. The Morgan fingerprint density at radius 3 is 2.57 bits per heavy atom. The Labute approximate surface area is 135 Å². The highest BCUT2D eigenvalue weighted by atomic mass is 16.6. The van der Waals surface area contributed by atoms with Crippen LogP contribution < -0.4 is 5.32 Å². The van der Waals surface area contributed by atoms with Gasteiger partial charge in [-0.3, -0.25) is 4.79 Å². The first-order valence-electron chi connectivity index (χ1n) is 7.69. The maximum absolute atomic E-state index is 12.1. The molecule has 1 aromatic rings. The average Bonchev–Trinajstić information content (AvgIpc) is 2.84. The molecule has 1 fully saturated rings. The van der Waals surface area contributed by atoms with Gasteiger partial charge in [-0.05, 0) is 51.3 Å². The summed E-state index contributed by atoms with van der Waals surface area (Å²) in [6.45, 7) is 5.72. The summed E-state index contributed by atoms with van der Waals surface area (Å²) in [6.07, 6.45) is 0.470. The van der Waals surface area contributed by atoms with Gasteiger partial charge >= 0.3 is 12.1 Å². The zero-order valence-corrected chi connectivity index (χ0v) is 13.7. The first kappa shape index (κ1) is 17.1. The number of rotatable bonds is 4. The van der Waals surface area contributed by atoms with Crippen LogP contribution in [0, 0.1) is 5.92 Å². The summed E-state index contributed by atoms with van der Waals surface area (Å²) in [5.74, 6) is -0.521. The van der Waals surface area contributed by atoms with Crippen LogP contribution in [0.5, 0.6) is 5.75 Å². The number of phenols is 1. The van der Waals surface area contributed by atoms with E-state index in [9.17, 15) is 14.7 Å². The minimum Gasteiger partial charge on any atom is -0.508 e. The van der Waals surface area contributed by atoms with Crippen molar-refractivity contribution in [3.8, 4) is 5.75 Å². The smallest absolute Gasteiger partial charge is 0.407 e. The van der Waals surface area contributed by atoms with E-state index in [-0.39, 0.29) is 11.7 Å². The molecule has 2 atom stereocenters. The lowest BCUT2D eigenvalue weighted by molar-refractivity contribution is -0.141. The molecule has 126 valence electrons. The highest BCUT2D eigenvalue weighted by Gasteiger charge is 2.36. The van der Waals surface area contributed by atoms with Crippen LogP contribution in [-0.4, -0.2) is 35.4 Å².